The Bertz CT molecular complexity index is 1050. The van der Waals surface area contributed by atoms with Crippen molar-refractivity contribution in [2.45, 2.75) is 134 Å². The normalized spacial score (nSPS) is 24.6. The van der Waals surface area contributed by atoms with Gasteiger partial charge in [-0.05, 0) is 58.8 Å². The summed E-state index contributed by atoms with van der Waals surface area (Å²) in [6.45, 7) is 5.39. The predicted molar refractivity (Wildman–Crippen MR) is 158 cm³/mol. The molecule has 242 valence electrons. The maximum atomic E-state index is 13.7. The average Bonchev–Trinajstić information content (AvgIpc) is 3.41. The first-order valence-electron chi connectivity index (χ1n) is 15.8. The van der Waals surface area contributed by atoms with E-state index in [4.69, 9.17) is 9.15 Å². The minimum Gasteiger partial charge on any atom is -0.444 e. The van der Waals surface area contributed by atoms with Crippen LogP contribution < -0.4 is 21.3 Å². The van der Waals surface area contributed by atoms with Gasteiger partial charge in [0.05, 0.1) is 12.6 Å². The van der Waals surface area contributed by atoms with Crippen molar-refractivity contribution in [1.29, 1.82) is 0 Å². The van der Waals surface area contributed by atoms with Crippen LogP contribution in [0.15, 0.2) is 4.42 Å². The Morgan fingerprint density at radius 1 is 0.907 bits per heavy atom. The lowest BCUT2D eigenvalue weighted by Gasteiger charge is -2.29. The van der Waals surface area contributed by atoms with Crippen LogP contribution in [-0.4, -0.2) is 76.0 Å². The number of hydrogen-bond donors (Lipinski definition) is 5. The monoisotopic (exact) mass is 606 g/mol. The summed E-state index contributed by atoms with van der Waals surface area (Å²) < 4.78 is 11.2. The zero-order valence-electron chi connectivity index (χ0n) is 25.9. The van der Waals surface area contributed by atoms with Gasteiger partial charge in [-0.25, -0.2) is 4.79 Å². The Labute approximate surface area is 254 Å². The van der Waals surface area contributed by atoms with Crippen LogP contribution in [0, 0.1) is 5.92 Å². The van der Waals surface area contributed by atoms with Gasteiger partial charge in [0.1, 0.15) is 17.7 Å². The third-order valence-corrected chi connectivity index (χ3v) is 7.77. The molecular formula is C30H50N6O7. The second-order valence-corrected chi connectivity index (χ2v) is 12.7. The molecule has 3 rings (SSSR count). The van der Waals surface area contributed by atoms with E-state index in [1.165, 1.54) is 0 Å². The Kier molecular flexibility index (Phi) is 13.7. The molecule has 1 saturated carbocycles. The number of aromatic nitrogens is 2. The largest absolute Gasteiger partial charge is 0.444 e. The minimum atomic E-state index is -1.03. The van der Waals surface area contributed by atoms with E-state index in [0.717, 1.165) is 51.4 Å². The van der Waals surface area contributed by atoms with E-state index in [1.54, 1.807) is 20.8 Å². The molecular weight excluding hydrogens is 556 g/mol. The number of carbonyl (C=O) groups is 4. The predicted octanol–water partition coefficient (Wildman–Crippen LogP) is 2.45. The van der Waals surface area contributed by atoms with Crippen molar-refractivity contribution in [2.24, 2.45) is 5.92 Å². The minimum absolute atomic E-state index is 0.150. The van der Waals surface area contributed by atoms with Crippen molar-refractivity contribution in [3.05, 3.63) is 11.8 Å². The number of alkyl carbamates (subject to hydrolysis) is 1. The molecule has 13 nitrogen and oxygen atoms in total. The molecule has 2 heterocycles. The summed E-state index contributed by atoms with van der Waals surface area (Å²) in [5, 5.41) is 29.4. The topological polar surface area (TPSA) is 185 Å². The van der Waals surface area contributed by atoms with Crippen molar-refractivity contribution in [1.82, 2.24) is 31.5 Å². The highest BCUT2D eigenvalue weighted by atomic mass is 16.6. The highest BCUT2D eigenvalue weighted by Gasteiger charge is 2.31. The number of fused-ring (bicyclic) bond motifs is 2. The Balaban J connectivity index is 1.81. The Morgan fingerprint density at radius 2 is 1.60 bits per heavy atom. The second-order valence-electron chi connectivity index (χ2n) is 12.7. The van der Waals surface area contributed by atoms with Gasteiger partial charge in [-0.2, -0.15) is 0 Å². The lowest BCUT2D eigenvalue weighted by molar-refractivity contribution is -0.131. The van der Waals surface area contributed by atoms with Crippen molar-refractivity contribution in [3.8, 4) is 0 Å². The van der Waals surface area contributed by atoms with E-state index >= 15 is 0 Å². The van der Waals surface area contributed by atoms with Gasteiger partial charge in [-0.1, -0.05) is 38.5 Å². The molecule has 0 spiro atoms. The van der Waals surface area contributed by atoms with Crippen LogP contribution in [0.25, 0.3) is 0 Å². The standard InChI is InChI=1S/C30H50N6O7/c1-30(2,3)43-29(41)34-22-14-16-26-36-35-25(42-26)12-8-5-9-17-31-24(38)15-13-21(19-37)32-28(40)23(33-27(22)39)18-20-10-6-4-7-11-20/h20-23,37H,4-19H2,1-3H3,(H,31,38)(H,32,40)(H,33,39)(H,34,41)/t21-,22-,23-/m0/s1. The van der Waals surface area contributed by atoms with Gasteiger partial charge in [0.15, 0.2) is 0 Å². The molecule has 1 aromatic rings. The lowest BCUT2D eigenvalue weighted by atomic mass is 9.84. The van der Waals surface area contributed by atoms with Gasteiger partial charge in [0, 0.05) is 25.8 Å². The molecule has 1 aliphatic heterocycles. The summed E-state index contributed by atoms with van der Waals surface area (Å²) in [5.74, 6) is -0.0197. The summed E-state index contributed by atoms with van der Waals surface area (Å²) in [4.78, 5) is 52.2. The number of aliphatic hydroxyl groups is 1. The van der Waals surface area contributed by atoms with E-state index in [9.17, 15) is 24.3 Å². The third kappa shape index (κ3) is 12.9. The molecule has 0 aromatic carbocycles. The fraction of sp³-hybridized carbons (Fsp3) is 0.800. The van der Waals surface area contributed by atoms with Crippen molar-refractivity contribution in [3.63, 3.8) is 0 Å². The first kappa shape index (κ1) is 34.3. The fourth-order valence-corrected chi connectivity index (χ4v) is 5.45. The summed E-state index contributed by atoms with van der Waals surface area (Å²) in [6.07, 6.45) is 8.73. The van der Waals surface area contributed by atoms with Gasteiger partial charge < -0.3 is 35.5 Å². The van der Waals surface area contributed by atoms with Gasteiger partial charge in [-0.3, -0.25) is 14.4 Å². The van der Waals surface area contributed by atoms with Gasteiger partial charge in [-0.15, -0.1) is 10.2 Å². The molecule has 0 radical (unpaired) electrons. The second kappa shape index (κ2) is 17.2. The van der Waals surface area contributed by atoms with Crippen molar-refractivity contribution < 1.29 is 33.4 Å². The van der Waals surface area contributed by atoms with E-state index in [-0.39, 0.29) is 44.1 Å². The number of aliphatic hydroxyl groups excluding tert-OH is 1. The molecule has 13 heteroatoms. The molecule has 2 bridgehead atoms. The number of hydrogen-bond acceptors (Lipinski definition) is 9. The zero-order chi connectivity index (χ0) is 31.2. The van der Waals surface area contributed by atoms with E-state index in [0.29, 0.717) is 31.2 Å². The smallest absolute Gasteiger partial charge is 0.408 e. The third-order valence-electron chi connectivity index (χ3n) is 7.77. The van der Waals surface area contributed by atoms with Gasteiger partial charge >= 0.3 is 6.09 Å². The number of ether oxygens (including phenoxy) is 1. The van der Waals surface area contributed by atoms with Crippen LogP contribution in [0.4, 0.5) is 4.79 Å². The molecule has 5 N–H and O–H groups in total. The van der Waals surface area contributed by atoms with Gasteiger partial charge in [0.25, 0.3) is 0 Å². The number of nitrogens with one attached hydrogen (secondary N) is 4. The maximum Gasteiger partial charge on any atom is 0.408 e. The molecule has 1 aliphatic carbocycles. The SMILES string of the molecule is CC(C)(C)OC(=O)N[C@H]1CCc2nnc(o2)CCCCCNC(=O)CC[C@@H](CO)NC(=O)[C@H](CC2CCCCC2)NC1=O. The molecule has 1 aromatic heterocycles. The summed E-state index contributed by atoms with van der Waals surface area (Å²) in [7, 11) is 0. The van der Waals surface area contributed by atoms with E-state index in [1.807, 2.05) is 0 Å². The molecule has 1 fully saturated rings. The van der Waals surface area contributed by atoms with Crippen LogP contribution in [0.3, 0.4) is 0 Å². The molecule has 0 unspecified atom stereocenters. The molecule has 43 heavy (non-hydrogen) atoms. The highest BCUT2D eigenvalue weighted by molar-refractivity contribution is 5.91. The fourth-order valence-electron chi connectivity index (χ4n) is 5.45. The number of rotatable bonds is 4. The molecule has 3 atom stereocenters. The summed E-state index contributed by atoms with van der Waals surface area (Å²) >= 11 is 0. The zero-order valence-corrected chi connectivity index (χ0v) is 25.9. The van der Waals surface area contributed by atoms with Crippen LogP contribution in [0.1, 0.15) is 110 Å². The first-order chi connectivity index (χ1) is 20.5. The van der Waals surface area contributed by atoms with Crippen LogP contribution in [0.2, 0.25) is 0 Å². The Morgan fingerprint density at radius 3 is 2.30 bits per heavy atom. The van der Waals surface area contributed by atoms with Crippen molar-refractivity contribution >= 4 is 23.8 Å². The highest BCUT2D eigenvalue weighted by Crippen LogP contribution is 2.27. The van der Waals surface area contributed by atoms with Crippen molar-refractivity contribution in [2.75, 3.05) is 13.2 Å². The Hall–Kier alpha value is -3.22. The molecule has 0 saturated heterocycles. The lowest BCUT2D eigenvalue weighted by Crippen LogP contribution is -2.56. The molecule has 4 amide bonds. The first-order valence-corrected chi connectivity index (χ1v) is 15.8. The summed E-state index contributed by atoms with van der Waals surface area (Å²) in [5.41, 5.74) is -0.770. The average molecular weight is 607 g/mol. The number of aryl methyl sites for hydroxylation is 2. The van der Waals surface area contributed by atoms with E-state index in [2.05, 4.69) is 31.5 Å². The van der Waals surface area contributed by atoms with Crippen LogP contribution >= 0.6 is 0 Å². The van der Waals surface area contributed by atoms with E-state index < -0.39 is 41.6 Å². The summed E-state index contributed by atoms with van der Waals surface area (Å²) in [6, 6.07) is -2.55. The molecule has 2 aliphatic rings. The number of amides is 4. The quantitative estimate of drug-likeness (QED) is 0.343. The number of nitrogens with zero attached hydrogens (tertiary/aromatic N) is 2. The maximum absolute atomic E-state index is 13.7. The van der Waals surface area contributed by atoms with Gasteiger partial charge in [0.2, 0.25) is 29.5 Å². The number of carbonyl (C=O) groups excluding carboxylic acids is 4. The van der Waals surface area contributed by atoms with Crippen LogP contribution in [-0.2, 0) is 32.0 Å². The van der Waals surface area contributed by atoms with Crippen LogP contribution in [0.5, 0.6) is 0 Å².